The molecule has 0 unspecified atom stereocenters. The molecule has 0 aromatic heterocycles. The second kappa shape index (κ2) is 23.8. The Morgan fingerprint density at radius 2 is 1.20 bits per heavy atom. The number of carbonyl (C=O) groups excluding carboxylic acids is 1. The largest absolute Gasteiger partial charge is 0.490 e. The number of rotatable bonds is 17. The van der Waals surface area contributed by atoms with E-state index in [4.69, 9.17) is 19.3 Å². The van der Waals surface area contributed by atoms with Gasteiger partial charge in [0, 0.05) is 25.9 Å². The highest BCUT2D eigenvalue weighted by Gasteiger charge is 2.24. The predicted octanol–water partition coefficient (Wildman–Crippen LogP) is 10.5. The van der Waals surface area contributed by atoms with Crippen molar-refractivity contribution in [3.05, 3.63) is 65.7 Å². The van der Waals surface area contributed by atoms with Gasteiger partial charge in [0.2, 0.25) is 0 Å². The Hall–Kier alpha value is -3.36. The van der Waals surface area contributed by atoms with Crippen LogP contribution in [-0.2, 0) is 14.3 Å². The maximum Gasteiger partial charge on any atom is 0.305 e. The van der Waals surface area contributed by atoms with Gasteiger partial charge in [0.05, 0.1) is 18.8 Å². The van der Waals surface area contributed by atoms with Crippen LogP contribution < -0.4 is 9.47 Å². The van der Waals surface area contributed by atoms with Crippen LogP contribution in [0.5, 0.6) is 11.5 Å². The molecular weight excluding hydrogens is 701 g/mol. The van der Waals surface area contributed by atoms with E-state index in [0.29, 0.717) is 31.2 Å². The summed E-state index contributed by atoms with van der Waals surface area (Å²) in [6.07, 6.45) is 21.5. The van der Waals surface area contributed by atoms with Crippen LogP contribution in [-0.4, -0.2) is 84.9 Å². The smallest absolute Gasteiger partial charge is 0.305 e. The molecule has 0 bridgehead atoms. The average molecular weight is 773 g/mol. The van der Waals surface area contributed by atoms with Gasteiger partial charge in [0.1, 0.15) is 11.5 Å². The fourth-order valence-corrected chi connectivity index (χ4v) is 9.07. The van der Waals surface area contributed by atoms with E-state index in [9.17, 15) is 9.59 Å². The highest BCUT2D eigenvalue weighted by atomic mass is 16.5. The first-order valence-electron chi connectivity index (χ1n) is 22.4. The Kier molecular flexibility index (Phi) is 18.6. The lowest BCUT2D eigenvalue weighted by atomic mass is 9.86. The fraction of sp³-hybridized carbons (Fsp3) is 0.667. The third kappa shape index (κ3) is 14.9. The third-order valence-electron chi connectivity index (χ3n) is 12.8. The van der Waals surface area contributed by atoms with Gasteiger partial charge in [-0.25, -0.2) is 0 Å². The van der Waals surface area contributed by atoms with Gasteiger partial charge in [-0.05, 0) is 175 Å². The summed E-state index contributed by atoms with van der Waals surface area (Å²) in [7, 11) is 0. The zero-order valence-corrected chi connectivity index (χ0v) is 34.9. The van der Waals surface area contributed by atoms with Gasteiger partial charge in [-0.3, -0.25) is 14.5 Å². The Balaban J connectivity index is 0.000000215. The van der Waals surface area contributed by atoms with Gasteiger partial charge in [-0.15, -0.1) is 0 Å². The average Bonchev–Trinajstić information content (AvgIpc) is 3.23. The molecule has 6 rings (SSSR count). The standard InChI is InChI=1S/C25H37NO3.C23H35NO3/c1-3-20-7-11-23(12-8-20)29-24-13-9-21(10-14-24)22-15-18-26(19-16-22)17-5-6-25(27)28-4-2;1-2-18-5-9-21(10-6-18)27-22-11-7-19(8-12-22)20-13-16-24(17-14-20)15-3-4-23(25)26/h9-10,13-15,20,23H,3-8,11-12,16-19H2,1-2H3;7-8,11-12,18,20-21H,2-6,9-10,13-17H2,1H3,(H,25,26). The van der Waals surface area contributed by atoms with Crippen molar-refractivity contribution in [3.63, 3.8) is 0 Å². The Morgan fingerprint density at radius 1 is 0.661 bits per heavy atom. The molecular formula is C48H72N2O6. The van der Waals surface area contributed by atoms with E-state index >= 15 is 0 Å². The molecule has 2 aliphatic carbocycles. The molecule has 56 heavy (non-hydrogen) atoms. The summed E-state index contributed by atoms with van der Waals surface area (Å²) < 4.78 is 17.4. The van der Waals surface area contributed by atoms with Crippen molar-refractivity contribution >= 4 is 17.5 Å². The summed E-state index contributed by atoms with van der Waals surface area (Å²) >= 11 is 0. The first-order chi connectivity index (χ1) is 27.3. The van der Waals surface area contributed by atoms with Crippen molar-refractivity contribution in [1.82, 2.24) is 9.80 Å². The molecule has 8 nitrogen and oxygen atoms in total. The molecule has 0 radical (unpaired) electrons. The lowest BCUT2D eigenvalue weighted by molar-refractivity contribution is -0.143. The number of carboxylic acids is 1. The topological polar surface area (TPSA) is 88.5 Å². The number of carboxylic acid groups (broad SMARTS) is 1. The van der Waals surface area contributed by atoms with E-state index in [0.717, 1.165) is 94.7 Å². The number of hydrogen-bond donors (Lipinski definition) is 1. The van der Waals surface area contributed by atoms with E-state index < -0.39 is 5.97 Å². The number of benzene rings is 2. The minimum atomic E-state index is -0.689. The van der Waals surface area contributed by atoms with E-state index in [1.165, 1.54) is 80.9 Å². The van der Waals surface area contributed by atoms with Crippen LogP contribution in [0.25, 0.3) is 5.57 Å². The minimum Gasteiger partial charge on any atom is -0.490 e. The number of hydrogen-bond acceptors (Lipinski definition) is 7. The van der Waals surface area contributed by atoms with Crippen molar-refractivity contribution < 1.29 is 28.9 Å². The zero-order chi connectivity index (χ0) is 39.5. The van der Waals surface area contributed by atoms with E-state index in [1.807, 2.05) is 6.92 Å². The number of esters is 1. The van der Waals surface area contributed by atoms with Crippen LogP contribution in [0.4, 0.5) is 0 Å². The molecule has 4 aliphatic rings. The maximum atomic E-state index is 11.4. The SMILES string of the molecule is CCC1CCC(Oc2ccc(C3CCN(CCCC(=O)O)CC3)cc2)CC1.CCOC(=O)CCCN1CC=C(c2ccc(OC3CCC(CC)CC3)cc2)CC1. The normalized spacial score (nSPS) is 23.7. The van der Waals surface area contributed by atoms with Crippen molar-refractivity contribution in [3.8, 4) is 11.5 Å². The van der Waals surface area contributed by atoms with Crippen LogP contribution in [0, 0.1) is 11.8 Å². The molecule has 2 aromatic rings. The summed E-state index contributed by atoms with van der Waals surface area (Å²) in [6, 6.07) is 17.5. The molecule has 2 saturated carbocycles. The molecule has 1 N–H and O–H groups in total. The van der Waals surface area contributed by atoms with E-state index in [1.54, 1.807) is 0 Å². The van der Waals surface area contributed by atoms with Crippen LogP contribution >= 0.6 is 0 Å². The number of piperidine rings is 1. The predicted molar refractivity (Wildman–Crippen MR) is 226 cm³/mol. The van der Waals surface area contributed by atoms with Crippen LogP contribution in [0.3, 0.4) is 0 Å². The second-order valence-corrected chi connectivity index (χ2v) is 16.7. The number of likely N-dealkylation sites (tertiary alicyclic amines) is 1. The molecule has 0 atom stereocenters. The van der Waals surface area contributed by atoms with Crippen LogP contribution in [0.1, 0.15) is 147 Å². The number of carbonyl (C=O) groups is 2. The first-order valence-corrected chi connectivity index (χ1v) is 22.4. The fourth-order valence-electron chi connectivity index (χ4n) is 9.07. The molecule has 2 heterocycles. The van der Waals surface area contributed by atoms with Gasteiger partial charge in [0.25, 0.3) is 0 Å². The number of aliphatic carboxylic acids is 1. The Labute approximate surface area is 338 Å². The summed E-state index contributed by atoms with van der Waals surface area (Å²) in [5.41, 5.74) is 4.14. The summed E-state index contributed by atoms with van der Waals surface area (Å²) in [5.74, 6) is 3.68. The molecule has 1 saturated heterocycles. The lowest BCUT2D eigenvalue weighted by Crippen LogP contribution is -2.33. The minimum absolute atomic E-state index is 0.0820. The van der Waals surface area contributed by atoms with Gasteiger partial charge in [-0.2, -0.15) is 0 Å². The monoisotopic (exact) mass is 773 g/mol. The van der Waals surface area contributed by atoms with Crippen LogP contribution in [0.15, 0.2) is 54.6 Å². The molecule has 2 aliphatic heterocycles. The van der Waals surface area contributed by atoms with Crippen molar-refractivity contribution in [2.24, 2.45) is 11.8 Å². The second-order valence-electron chi connectivity index (χ2n) is 16.7. The number of ether oxygens (including phenoxy) is 3. The third-order valence-corrected chi connectivity index (χ3v) is 12.8. The van der Waals surface area contributed by atoms with Gasteiger partial charge >= 0.3 is 11.9 Å². The summed E-state index contributed by atoms with van der Waals surface area (Å²) in [6.45, 7) is 12.9. The summed E-state index contributed by atoms with van der Waals surface area (Å²) in [5, 5.41) is 8.75. The van der Waals surface area contributed by atoms with Crippen molar-refractivity contribution in [2.45, 2.75) is 148 Å². The summed E-state index contributed by atoms with van der Waals surface area (Å²) in [4.78, 5) is 26.9. The molecule has 0 amide bonds. The van der Waals surface area contributed by atoms with Crippen LogP contribution in [0.2, 0.25) is 0 Å². The van der Waals surface area contributed by atoms with Crippen molar-refractivity contribution in [1.29, 1.82) is 0 Å². The quantitative estimate of drug-likeness (QED) is 0.159. The van der Waals surface area contributed by atoms with E-state index in [2.05, 4.69) is 78.3 Å². The number of nitrogens with zero attached hydrogens (tertiary/aromatic N) is 2. The molecule has 2 aromatic carbocycles. The van der Waals surface area contributed by atoms with Gasteiger partial charge in [-0.1, -0.05) is 57.0 Å². The lowest BCUT2D eigenvalue weighted by Gasteiger charge is -2.32. The van der Waals surface area contributed by atoms with E-state index in [-0.39, 0.29) is 12.4 Å². The highest BCUT2D eigenvalue weighted by molar-refractivity contribution is 5.69. The van der Waals surface area contributed by atoms with Crippen molar-refractivity contribution in [2.75, 3.05) is 45.9 Å². The van der Waals surface area contributed by atoms with Gasteiger partial charge in [0.15, 0.2) is 0 Å². The highest BCUT2D eigenvalue weighted by Crippen LogP contribution is 2.33. The Bertz CT molecular complexity index is 1450. The molecule has 310 valence electrons. The molecule has 8 heteroatoms. The molecule has 0 spiro atoms. The Morgan fingerprint density at radius 3 is 1.70 bits per heavy atom. The first kappa shape index (κ1) is 43.8. The maximum absolute atomic E-state index is 11.4. The molecule has 3 fully saturated rings. The zero-order valence-electron chi connectivity index (χ0n) is 34.9. The van der Waals surface area contributed by atoms with Gasteiger partial charge < -0.3 is 24.2 Å².